The zero-order valence-corrected chi connectivity index (χ0v) is 13.8. The van der Waals surface area contributed by atoms with Crippen molar-refractivity contribution in [2.75, 3.05) is 10.7 Å². The van der Waals surface area contributed by atoms with E-state index in [2.05, 4.69) is 53.1 Å². The van der Waals surface area contributed by atoms with Gasteiger partial charge in [0.05, 0.1) is 11.1 Å². The highest BCUT2D eigenvalue weighted by molar-refractivity contribution is 9.10. The first-order valence-electron chi connectivity index (χ1n) is 4.81. The fourth-order valence-electron chi connectivity index (χ4n) is 1.12. The Hall–Kier alpha value is 0.0600. The van der Waals surface area contributed by atoms with Gasteiger partial charge in [-0.1, -0.05) is 47.8 Å². The molecule has 1 aromatic carbocycles. The molecule has 17 heavy (non-hydrogen) atoms. The van der Waals surface area contributed by atoms with E-state index in [9.17, 15) is 9.18 Å². The van der Waals surface area contributed by atoms with Crippen molar-refractivity contribution in [3.05, 3.63) is 34.1 Å². The van der Waals surface area contributed by atoms with Crippen molar-refractivity contribution >= 4 is 53.7 Å². The van der Waals surface area contributed by atoms with E-state index in [1.807, 2.05) is 6.92 Å². The Bertz CT molecular complexity index is 421. The Labute approximate surface area is 125 Å². The number of rotatable bonds is 4. The predicted molar refractivity (Wildman–Crippen MR) is 77.6 cm³/mol. The highest BCUT2D eigenvalue weighted by Gasteiger charge is 2.25. The summed E-state index contributed by atoms with van der Waals surface area (Å²) in [6.07, 6.45) is 0. The van der Waals surface area contributed by atoms with E-state index in [0.29, 0.717) is 15.1 Å². The largest absolute Gasteiger partial charge is 0.345 e. The second kappa shape index (κ2) is 6.29. The summed E-state index contributed by atoms with van der Waals surface area (Å²) in [7, 11) is 0. The first kappa shape index (κ1) is 15.1. The lowest BCUT2D eigenvalue weighted by Gasteiger charge is -2.26. The molecule has 1 N–H and O–H groups in total. The molecule has 0 fully saturated rings. The number of hydrogen-bond acceptors (Lipinski definition) is 1. The zero-order chi connectivity index (χ0) is 13.1. The van der Waals surface area contributed by atoms with Crippen LogP contribution in [-0.4, -0.2) is 22.1 Å². The number of amides is 1. The van der Waals surface area contributed by atoms with Crippen LogP contribution in [0.2, 0.25) is 0 Å². The molecular weight excluding hydrogens is 421 g/mol. The normalized spacial score (nSPS) is 11.4. The molecule has 6 heteroatoms. The topological polar surface area (TPSA) is 29.1 Å². The first-order chi connectivity index (χ1) is 7.91. The third kappa shape index (κ3) is 4.03. The quantitative estimate of drug-likeness (QED) is 0.720. The number of alkyl halides is 2. The summed E-state index contributed by atoms with van der Waals surface area (Å²) in [6.45, 7) is 1.87. The molecule has 0 aliphatic heterocycles. The lowest BCUT2D eigenvalue weighted by Crippen LogP contribution is -2.49. The Morgan fingerprint density at radius 2 is 2.00 bits per heavy atom. The van der Waals surface area contributed by atoms with Crippen LogP contribution in [0.5, 0.6) is 0 Å². The number of nitrogens with one attached hydrogen (secondary N) is 1. The standard InChI is InChI=1S/C11H11Br3FNO/c1-11(5-12,6-13)16-10(17)8-3-2-7(14)4-9(8)15/h2-4H,5-6H2,1H3,(H,16,17). The van der Waals surface area contributed by atoms with E-state index < -0.39 is 17.3 Å². The van der Waals surface area contributed by atoms with Crippen molar-refractivity contribution in [1.82, 2.24) is 5.32 Å². The second-order valence-electron chi connectivity index (χ2n) is 3.91. The van der Waals surface area contributed by atoms with E-state index >= 15 is 0 Å². The van der Waals surface area contributed by atoms with Gasteiger partial charge in [0.25, 0.3) is 5.91 Å². The third-order valence-electron chi connectivity index (χ3n) is 2.18. The van der Waals surface area contributed by atoms with Gasteiger partial charge >= 0.3 is 0 Å². The molecule has 1 rings (SSSR count). The minimum absolute atomic E-state index is 0.0429. The fourth-order valence-corrected chi connectivity index (χ4v) is 2.66. The van der Waals surface area contributed by atoms with Crippen LogP contribution < -0.4 is 5.32 Å². The van der Waals surface area contributed by atoms with Crippen molar-refractivity contribution < 1.29 is 9.18 Å². The van der Waals surface area contributed by atoms with E-state index in [4.69, 9.17) is 0 Å². The molecule has 1 amide bonds. The second-order valence-corrected chi connectivity index (χ2v) is 5.94. The maximum absolute atomic E-state index is 13.6. The number of carbonyl (C=O) groups is 1. The Morgan fingerprint density at radius 1 is 1.41 bits per heavy atom. The van der Waals surface area contributed by atoms with Gasteiger partial charge in [0.2, 0.25) is 0 Å². The molecule has 0 aliphatic carbocycles. The molecule has 0 radical (unpaired) electrons. The molecule has 0 saturated carbocycles. The van der Waals surface area contributed by atoms with E-state index in [1.54, 1.807) is 6.07 Å². The van der Waals surface area contributed by atoms with Crippen LogP contribution in [0, 0.1) is 5.82 Å². The smallest absolute Gasteiger partial charge is 0.254 e. The molecular formula is C11H11Br3FNO. The predicted octanol–water partition coefficient (Wildman–Crippen LogP) is 3.87. The van der Waals surface area contributed by atoms with Crippen molar-refractivity contribution in [3.63, 3.8) is 0 Å². The molecule has 0 aliphatic rings. The van der Waals surface area contributed by atoms with Gasteiger partial charge in [0.1, 0.15) is 5.82 Å². The van der Waals surface area contributed by atoms with E-state index in [-0.39, 0.29) is 5.56 Å². The monoisotopic (exact) mass is 429 g/mol. The van der Waals surface area contributed by atoms with Crippen LogP contribution in [0.3, 0.4) is 0 Å². The van der Waals surface area contributed by atoms with Gasteiger partial charge in [-0.15, -0.1) is 0 Å². The van der Waals surface area contributed by atoms with Gasteiger partial charge < -0.3 is 5.32 Å². The summed E-state index contributed by atoms with van der Waals surface area (Å²) < 4.78 is 14.2. The van der Waals surface area contributed by atoms with Crippen LogP contribution in [0.15, 0.2) is 22.7 Å². The molecule has 1 aromatic rings. The van der Waals surface area contributed by atoms with Gasteiger partial charge in [-0.05, 0) is 25.1 Å². The molecule has 0 spiro atoms. The number of halogens is 4. The summed E-state index contributed by atoms with van der Waals surface area (Å²) in [5, 5.41) is 3.94. The maximum atomic E-state index is 13.6. The lowest BCUT2D eigenvalue weighted by atomic mass is 10.1. The first-order valence-corrected chi connectivity index (χ1v) is 7.85. The van der Waals surface area contributed by atoms with Crippen LogP contribution in [0.25, 0.3) is 0 Å². The number of carbonyl (C=O) groups excluding carboxylic acids is 1. The fraction of sp³-hybridized carbons (Fsp3) is 0.364. The molecule has 0 unspecified atom stereocenters. The number of hydrogen-bond donors (Lipinski definition) is 1. The van der Waals surface area contributed by atoms with Crippen molar-refractivity contribution in [2.24, 2.45) is 0 Å². The summed E-state index contributed by atoms with van der Waals surface area (Å²) in [4.78, 5) is 11.9. The van der Waals surface area contributed by atoms with Gasteiger partial charge in [-0.25, -0.2) is 4.39 Å². The summed E-state index contributed by atoms with van der Waals surface area (Å²) >= 11 is 9.78. The highest BCUT2D eigenvalue weighted by atomic mass is 79.9. The van der Waals surface area contributed by atoms with Crippen LogP contribution >= 0.6 is 47.8 Å². The van der Waals surface area contributed by atoms with Crippen LogP contribution in [0.1, 0.15) is 17.3 Å². The van der Waals surface area contributed by atoms with Crippen LogP contribution in [-0.2, 0) is 0 Å². The molecule has 94 valence electrons. The highest BCUT2D eigenvalue weighted by Crippen LogP contribution is 2.17. The molecule has 0 heterocycles. The average molecular weight is 432 g/mol. The Balaban J connectivity index is 2.90. The molecule has 0 saturated heterocycles. The van der Waals surface area contributed by atoms with Gasteiger partial charge in [0, 0.05) is 15.1 Å². The summed E-state index contributed by atoms with van der Waals surface area (Å²) in [6, 6.07) is 4.36. The minimum Gasteiger partial charge on any atom is -0.345 e. The molecule has 2 nitrogen and oxygen atoms in total. The minimum atomic E-state index is -0.539. The Morgan fingerprint density at radius 3 is 2.47 bits per heavy atom. The summed E-state index contributed by atoms with van der Waals surface area (Å²) in [5.74, 6) is -0.959. The molecule has 0 atom stereocenters. The molecule has 0 bridgehead atoms. The summed E-state index contributed by atoms with van der Waals surface area (Å²) in [5.41, 5.74) is -0.405. The SMILES string of the molecule is CC(CBr)(CBr)NC(=O)c1ccc(Br)cc1F. The maximum Gasteiger partial charge on any atom is 0.254 e. The van der Waals surface area contributed by atoms with Gasteiger partial charge in [-0.3, -0.25) is 4.79 Å². The zero-order valence-electron chi connectivity index (χ0n) is 9.07. The average Bonchev–Trinajstić information content (AvgIpc) is 2.28. The third-order valence-corrected chi connectivity index (χ3v) is 5.15. The van der Waals surface area contributed by atoms with E-state index in [1.165, 1.54) is 12.1 Å². The van der Waals surface area contributed by atoms with Crippen molar-refractivity contribution in [2.45, 2.75) is 12.5 Å². The van der Waals surface area contributed by atoms with Crippen LogP contribution in [0.4, 0.5) is 4.39 Å². The van der Waals surface area contributed by atoms with Gasteiger partial charge in [-0.2, -0.15) is 0 Å². The number of benzene rings is 1. The van der Waals surface area contributed by atoms with Crippen molar-refractivity contribution in [3.8, 4) is 0 Å². The van der Waals surface area contributed by atoms with Gasteiger partial charge in [0.15, 0.2) is 0 Å². The molecule has 0 aromatic heterocycles. The Kier molecular flexibility index (Phi) is 5.60. The van der Waals surface area contributed by atoms with Crippen molar-refractivity contribution in [1.29, 1.82) is 0 Å². The van der Waals surface area contributed by atoms with E-state index in [0.717, 1.165) is 0 Å². The lowest BCUT2D eigenvalue weighted by molar-refractivity contribution is 0.0919.